The van der Waals surface area contributed by atoms with Crippen LogP contribution in [0.5, 0.6) is 0 Å². The van der Waals surface area contributed by atoms with Crippen LogP contribution < -0.4 is 15.9 Å². The highest BCUT2D eigenvalue weighted by atomic mass is 14.9. The van der Waals surface area contributed by atoms with Gasteiger partial charge in [-0.25, -0.2) is 0 Å². The molecule has 1 atom stereocenters. The molecule has 72 valence electrons. The number of fused-ring (bicyclic) bond motifs is 1. The average Bonchev–Trinajstić information content (AvgIpc) is 2.66. The summed E-state index contributed by atoms with van der Waals surface area (Å²) in [5.41, 5.74) is 0.314. The highest BCUT2D eigenvalue weighted by molar-refractivity contribution is 5.36. The van der Waals surface area contributed by atoms with Crippen LogP contribution in [0.15, 0.2) is 29.3 Å². The van der Waals surface area contributed by atoms with Gasteiger partial charge in [-0.1, -0.05) is 24.3 Å². The number of hydrogen-bond donors (Lipinski definition) is 1. The molecule has 0 radical (unpaired) electrons. The third-order valence-corrected chi connectivity index (χ3v) is 3.24. The van der Waals surface area contributed by atoms with Crippen molar-refractivity contribution >= 4 is 6.08 Å². The van der Waals surface area contributed by atoms with Crippen LogP contribution in [0.4, 0.5) is 0 Å². The van der Waals surface area contributed by atoms with Crippen LogP contribution in [0.25, 0.3) is 6.08 Å². The van der Waals surface area contributed by atoms with Crippen molar-refractivity contribution in [1.82, 2.24) is 5.32 Å². The lowest BCUT2D eigenvalue weighted by molar-refractivity contribution is 0.462. The molecule has 2 aliphatic heterocycles. The number of para-hydroxylation sites is 1. The van der Waals surface area contributed by atoms with Gasteiger partial charge in [0.2, 0.25) is 0 Å². The maximum Gasteiger partial charge on any atom is 0.0643 e. The van der Waals surface area contributed by atoms with E-state index in [1.54, 1.807) is 0 Å². The summed E-state index contributed by atoms with van der Waals surface area (Å²) in [6.07, 6.45) is 3.64. The topological polar surface area (TPSA) is 24.4 Å². The fourth-order valence-electron chi connectivity index (χ4n) is 2.39. The Morgan fingerprint density at radius 1 is 1.29 bits per heavy atom. The van der Waals surface area contributed by atoms with Gasteiger partial charge in [-0.3, -0.25) is 4.99 Å². The predicted molar refractivity (Wildman–Crippen MR) is 56.5 cm³/mol. The second kappa shape index (κ2) is 2.92. The van der Waals surface area contributed by atoms with E-state index >= 15 is 0 Å². The van der Waals surface area contributed by atoms with Gasteiger partial charge in [0, 0.05) is 12.0 Å². The molecule has 0 bridgehead atoms. The van der Waals surface area contributed by atoms with Gasteiger partial charge in [0.05, 0.1) is 11.9 Å². The summed E-state index contributed by atoms with van der Waals surface area (Å²) in [6, 6.07) is 8.41. The van der Waals surface area contributed by atoms with Crippen molar-refractivity contribution in [3.63, 3.8) is 0 Å². The van der Waals surface area contributed by atoms with Gasteiger partial charge in [0.15, 0.2) is 0 Å². The van der Waals surface area contributed by atoms with E-state index in [4.69, 9.17) is 0 Å². The largest absolute Gasteiger partial charge is 0.316 e. The van der Waals surface area contributed by atoms with Gasteiger partial charge < -0.3 is 5.32 Å². The maximum absolute atomic E-state index is 4.66. The van der Waals surface area contributed by atoms with Crippen LogP contribution in [0, 0.1) is 5.41 Å². The number of rotatable bonds is 0. The Morgan fingerprint density at radius 3 is 3.07 bits per heavy atom. The zero-order valence-electron chi connectivity index (χ0n) is 8.16. The molecule has 3 rings (SSSR count). The Kier molecular flexibility index (Phi) is 1.71. The molecule has 0 aromatic heterocycles. The first-order valence-corrected chi connectivity index (χ1v) is 5.21. The van der Waals surface area contributed by atoms with E-state index in [9.17, 15) is 0 Å². The molecule has 1 saturated heterocycles. The van der Waals surface area contributed by atoms with Crippen molar-refractivity contribution in [2.24, 2.45) is 10.4 Å². The highest BCUT2D eigenvalue weighted by Gasteiger charge is 2.32. The van der Waals surface area contributed by atoms with Crippen molar-refractivity contribution in [2.75, 3.05) is 19.6 Å². The predicted octanol–water partition coefficient (Wildman–Crippen LogP) is 0.0800. The van der Waals surface area contributed by atoms with Crippen molar-refractivity contribution in [3.05, 3.63) is 34.8 Å². The first-order chi connectivity index (χ1) is 6.88. The molecule has 0 saturated carbocycles. The number of benzene rings is 1. The molecule has 1 aromatic rings. The minimum Gasteiger partial charge on any atom is -0.316 e. The average molecular weight is 186 g/mol. The zero-order chi connectivity index (χ0) is 9.43. The van der Waals surface area contributed by atoms with Gasteiger partial charge in [0.1, 0.15) is 0 Å². The van der Waals surface area contributed by atoms with Crippen molar-refractivity contribution < 1.29 is 0 Å². The third-order valence-electron chi connectivity index (χ3n) is 3.24. The summed E-state index contributed by atoms with van der Waals surface area (Å²) < 4.78 is 0. The van der Waals surface area contributed by atoms with Crippen LogP contribution >= 0.6 is 0 Å². The number of hydrogen-bond acceptors (Lipinski definition) is 2. The Balaban J connectivity index is 2.17. The van der Waals surface area contributed by atoms with Gasteiger partial charge >= 0.3 is 0 Å². The van der Waals surface area contributed by atoms with Gasteiger partial charge in [-0.2, -0.15) is 0 Å². The van der Waals surface area contributed by atoms with Crippen molar-refractivity contribution in [3.8, 4) is 0 Å². The Labute approximate surface area is 83.4 Å². The summed E-state index contributed by atoms with van der Waals surface area (Å²) >= 11 is 0. The summed E-state index contributed by atoms with van der Waals surface area (Å²) in [6.45, 7) is 3.18. The molecular weight excluding hydrogens is 172 g/mol. The summed E-state index contributed by atoms with van der Waals surface area (Å²) in [4.78, 5) is 4.66. The highest BCUT2D eigenvalue weighted by Crippen LogP contribution is 2.28. The summed E-state index contributed by atoms with van der Waals surface area (Å²) in [7, 11) is 0. The lowest BCUT2D eigenvalue weighted by Crippen LogP contribution is -2.38. The van der Waals surface area contributed by atoms with Gasteiger partial charge in [-0.15, -0.1) is 0 Å². The normalized spacial score (nSPS) is 29.4. The minimum absolute atomic E-state index is 0.314. The second-order valence-corrected chi connectivity index (χ2v) is 4.31. The van der Waals surface area contributed by atoms with Crippen LogP contribution in [0.3, 0.4) is 0 Å². The second-order valence-electron chi connectivity index (χ2n) is 4.31. The fourth-order valence-corrected chi connectivity index (χ4v) is 2.39. The van der Waals surface area contributed by atoms with E-state index in [2.05, 4.69) is 40.7 Å². The molecule has 1 spiro atoms. The fraction of sp³-hybridized carbons (Fsp3) is 0.417. The first-order valence-electron chi connectivity index (χ1n) is 5.21. The Morgan fingerprint density at radius 2 is 2.21 bits per heavy atom. The molecule has 14 heavy (non-hydrogen) atoms. The molecule has 2 heterocycles. The lowest BCUT2D eigenvalue weighted by Gasteiger charge is -2.24. The van der Waals surface area contributed by atoms with E-state index in [1.165, 1.54) is 11.6 Å². The first kappa shape index (κ1) is 8.18. The van der Waals surface area contributed by atoms with Gasteiger partial charge in [-0.05, 0) is 24.3 Å². The molecule has 1 aromatic carbocycles. The maximum atomic E-state index is 4.66. The molecule has 2 nitrogen and oxygen atoms in total. The summed E-state index contributed by atoms with van der Waals surface area (Å²) in [5.74, 6) is 0. The molecular formula is C12H14N2. The van der Waals surface area contributed by atoms with Crippen LogP contribution in [-0.2, 0) is 0 Å². The standard InChI is InChI=1S/C12H14N2/c1-2-4-11-10(3-1)7-12(9-14-11)5-6-13-8-12/h1-4,7,13H,5-6,8-9H2. The number of nitrogens with one attached hydrogen (secondary N) is 1. The molecule has 0 amide bonds. The third kappa shape index (κ3) is 1.18. The molecule has 2 aliphatic rings. The Hall–Kier alpha value is -1.15. The van der Waals surface area contributed by atoms with E-state index in [-0.39, 0.29) is 0 Å². The molecule has 0 aliphatic carbocycles. The molecule has 1 unspecified atom stereocenters. The zero-order valence-corrected chi connectivity index (χ0v) is 8.16. The Bertz CT molecular complexity index is 455. The monoisotopic (exact) mass is 186 g/mol. The van der Waals surface area contributed by atoms with E-state index in [0.29, 0.717) is 5.41 Å². The van der Waals surface area contributed by atoms with Gasteiger partial charge in [0.25, 0.3) is 0 Å². The minimum atomic E-state index is 0.314. The van der Waals surface area contributed by atoms with E-state index in [0.717, 1.165) is 25.0 Å². The van der Waals surface area contributed by atoms with Crippen molar-refractivity contribution in [2.45, 2.75) is 6.42 Å². The quantitative estimate of drug-likeness (QED) is 0.609. The van der Waals surface area contributed by atoms with Crippen LogP contribution in [0.2, 0.25) is 0 Å². The SMILES string of the molecule is C1=c2ccccc2=NCC12CCNC2. The van der Waals surface area contributed by atoms with Crippen molar-refractivity contribution in [1.29, 1.82) is 0 Å². The van der Waals surface area contributed by atoms with E-state index < -0.39 is 0 Å². The van der Waals surface area contributed by atoms with Crippen LogP contribution in [-0.4, -0.2) is 19.6 Å². The molecule has 1 N–H and O–H groups in total. The number of nitrogens with zero attached hydrogens (tertiary/aromatic N) is 1. The lowest BCUT2D eigenvalue weighted by atomic mass is 9.85. The smallest absolute Gasteiger partial charge is 0.0643 e. The molecule has 1 fully saturated rings. The summed E-state index contributed by atoms with van der Waals surface area (Å²) in [5, 5.41) is 5.89. The van der Waals surface area contributed by atoms with Crippen LogP contribution in [0.1, 0.15) is 6.42 Å². The molecule has 2 heteroatoms. The van der Waals surface area contributed by atoms with E-state index in [1.807, 2.05) is 0 Å².